The number of rotatable bonds is 2. The van der Waals surface area contributed by atoms with Crippen LogP contribution in [0.3, 0.4) is 0 Å². The normalized spacial score (nSPS) is 19.1. The molecule has 0 aliphatic heterocycles. The Balaban J connectivity index is 2.28. The second-order valence-electron chi connectivity index (χ2n) is 4.17. The summed E-state index contributed by atoms with van der Waals surface area (Å²) in [6.45, 7) is 4.06. The lowest BCUT2D eigenvalue weighted by atomic mass is 10.1. The van der Waals surface area contributed by atoms with E-state index in [-0.39, 0.29) is 0 Å². The van der Waals surface area contributed by atoms with E-state index in [2.05, 4.69) is 12.0 Å². The highest BCUT2D eigenvalue weighted by Gasteiger charge is 2.41. The highest BCUT2D eigenvalue weighted by atomic mass is 16.3. The Kier molecular flexibility index (Phi) is 1.74. The van der Waals surface area contributed by atoms with Gasteiger partial charge in [-0.25, -0.2) is 0 Å². The summed E-state index contributed by atoms with van der Waals surface area (Å²) in [5.41, 5.74) is 3.05. The molecule has 0 atom stereocenters. The molecule has 1 aromatic rings. The number of hydrogen-bond donors (Lipinski definition) is 1. The largest absolute Gasteiger partial charge is 0.390 e. The van der Waals surface area contributed by atoms with Crippen LogP contribution in [0.4, 0.5) is 0 Å². The Morgan fingerprint density at radius 2 is 2.08 bits per heavy atom. The molecule has 3 nitrogen and oxygen atoms in total. The van der Waals surface area contributed by atoms with Gasteiger partial charge in [0.1, 0.15) is 0 Å². The minimum atomic E-state index is -0.404. The molecule has 2 rings (SSSR count). The number of nitrogens with zero attached hydrogens (tertiary/aromatic N) is 2. The number of hydrogen-bond acceptors (Lipinski definition) is 2. The first kappa shape index (κ1) is 8.75. The molecular weight excluding hydrogens is 164 g/mol. The zero-order valence-electron chi connectivity index (χ0n) is 8.46. The van der Waals surface area contributed by atoms with Crippen molar-refractivity contribution in [2.75, 3.05) is 0 Å². The van der Waals surface area contributed by atoms with Crippen molar-refractivity contribution in [1.82, 2.24) is 9.78 Å². The molecule has 1 aliphatic rings. The van der Waals surface area contributed by atoms with Crippen molar-refractivity contribution in [3.63, 3.8) is 0 Å². The van der Waals surface area contributed by atoms with Crippen LogP contribution in [0.5, 0.6) is 0 Å². The second kappa shape index (κ2) is 2.58. The quantitative estimate of drug-likeness (QED) is 0.740. The fourth-order valence-electron chi connectivity index (χ4n) is 1.72. The van der Waals surface area contributed by atoms with Gasteiger partial charge in [-0.05, 0) is 32.3 Å². The molecule has 0 radical (unpaired) electrons. The summed E-state index contributed by atoms with van der Waals surface area (Å²) in [4.78, 5) is 0. The van der Waals surface area contributed by atoms with Gasteiger partial charge in [-0.3, -0.25) is 4.68 Å². The Hall–Kier alpha value is -0.830. The number of aliphatic hydroxyl groups is 1. The Morgan fingerprint density at radius 1 is 1.46 bits per heavy atom. The molecule has 1 aliphatic carbocycles. The summed E-state index contributed by atoms with van der Waals surface area (Å²) in [5.74, 6) is 0. The minimum absolute atomic E-state index is 0.404. The van der Waals surface area contributed by atoms with Gasteiger partial charge in [-0.2, -0.15) is 5.10 Å². The third kappa shape index (κ3) is 1.48. The van der Waals surface area contributed by atoms with Crippen LogP contribution in [0.15, 0.2) is 0 Å². The molecule has 0 saturated heterocycles. The summed E-state index contributed by atoms with van der Waals surface area (Å²) in [6, 6.07) is 0. The van der Waals surface area contributed by atoms with Crippen LogP contribution in [-0.2, 0) is 13.5 Å². The summed E-state index contributed by atoms with van der Waals surface area (Å²) >= 11 is 0. The molecule has 0 aromatic carbocycles. The van der Waals surface area contributed by atoms with Gasteiger partial charge in [-0.1, -0.05) is 0 Å². The summed E-state index contributed by atoms with van der Waals surface area (Å²) in [5, 5.41) is 14.1. The average Bonchev–Trinajstić information content (AvgIpc) is 2.73. The van der Waals surface area contributed by atoms with Crippen LogP contribution in [0.2, 0.25) is 0 Å². The molecule has 0 unspecified atom stereocenters. The molecule has 0 bridgehead atoms. The van der Waals surface area contributed by atoms with Gasteiger partial charge < -0.3 is 5.11 Å². The van der Waals surface area contributed by atoms with Crippen LogP contribution >= 0.6 is 0 Å². The van der Waals surface area contributed by atoms with E-state index < -0.39 is 5.60 Å². The van der Waals surface area contributed by atoms with Crippen molar-refractivity contribution in [3.05, 3.63) is 17.0 Å². The fraction of sp³-hybridized carbons (Fsp3) is 0.700. The van der Waals surface area contributed by atoms with Gasteiger partial charge in [-0.15, -0.1) is 0 Å². The van der Waals surface area contributed by atoms with Gasteiger partial charge in [0.05, 0.1) is 11.3 Å². The van der Waals surface area contributed by atoms with Crippen molar-refractivity contribution in [2.24, 2.45) is 7.05 Å². The van der Waals surface area contributed by atoms with E-state index in [1.807, 2.05) is 18.7 Å². The summed E-state index contributed by atoms with van der Waals surface area (Å²) in [6.07, 6.45) is 2.67. The van der Waals surface area contributed by atoms with Gasteiger partial charge in [0.25, 0.3) is 0 Å². The van der Waals surface area contributed by atoms with E-state index in [9.17, 15) is 5.11 Å². The predicted molar refractivity (Wildman–Crippen MR) is 50.6 cm³/mol. The smallest absolute Gasteiger partial charge is 0.0691 e. The molecule has 0 spiro atoms. The molecule has 13 heavy (non-hydrogen) atoms. The molecule has 1 fully saturated rings. The standard InChI is InChI=1S/C10H16N2O/c1-7-9(6-10(13)4-5-10)8(2)12(3)11-7/h13H,4-6H2,1-3H3. The maximum absolute atomic E-state index is 9.80. The molecule has 1 saturated carbocycles. The summed E-state index contributed by atoms with van der Waals surface area (Å²) in [7, 11) is 1.95. The van der Waals surface area contributed by atoms with Crippen molar-refractivity contribution in [2.45, 2.75) is 38.7 Å². The number of aromatic nitrogens is 2. The van der Waals surface area contributed by atoms with Crippen LogP contribution < -0.4 is 0 Å². The lowest BCUT2D eigenvalue weighted by Crippen LogP contribution is -2.12. The van der Waals surface area contributed by atoms with Gasteiger partial charge in [0, 0.05) is 19.2 Å². The van der Waals surface area contributed by atoms with Crippen molar-refractivity contribution < 1.29 is 5.11 Å². The zero-order chi connectivity index (χ0) is 9.64. The Morgan fingerprint density at radius 3 is 2.46 bits per heavy atom. The topological polar surface area (TPSA) is 38.0 Å². The molecule has 3 heteroatoms. The van der Waals surface area contributed by atoms with Gasteiger partial charge >= 0.3 is 0 Å². The van der Waals surface area contributed by atoms with E-state index >= 15 is 0 Å². The van der Waals surface area contributed by atoms with Crippen LogP contribution in [0.1, 0.15) is 29.8 Å². The van der Waals surface area contributed by atoms with Crippen LogP contribution in [0, 0.1) is 13.8 Å². The maximum atomic E-state index is 9.80. The van der Waals surface area contributed by atoms with E-state index in [1.165, 1.54) is 11.3 Å². The minimum Gasteiger partial charge on any atom is -0.390 e. The first-order valence-electron chi connectivity index (χ1n) is 4.73. The van der Waals surface area contributed by atoms with Crippen molar-refractivity contribution >= 4 is 0 Å². The molecule has 0 amide bonds. The lowest BCUT2D eigenvalue weighted by molar-refractivity contribution is 0.150. The molecule has 1 aromatic heterocycles. The average molecular weight is 180 g/mol. The molecular formula is C10H16N2O. The zero-order valence-corrected chi connectivity index (χ0v) is 8.46. The molecule has 1 N–H and O–H groups in total. The first-order chi connectivity index (χ1) is 6.02. The fourth-order valence-corrected chi connectivity index (χ4v) is 1.72. The maximum Gasteiger partial charge on any atom is 0.0691 e. The van der Waals surface area contributed by atoms with Crippen LogP contribution in [-0.4, -0.2) is 20.5 Å². The Bertz CT molecular complexity index is 337. The van der Waals surface area contributed by atoms with Crippen molar-refractivity contribution in [3.8, 4) is 0 Å². The molecule has 1 heterocycles. The van der Waals surface area contributed by atoms with E-state index in [1.54, 1.807) is 0 Å². The highest BCUT2D eigenvalue weighted by Crippen LogP contribution is 2.39. The van der Waals surface area contributed by atoms with Gasteiger partial charge in [0.2, 0.25) is 0 Å². The monoisotopic (exact) mass is 180 g/mol. The van der Waals surface area contributed by atoms with E-state index in [0.717, 1.165) is 25.0 Å². The van der Waals surface area contributed by atoms with Crippen molar-refractivity contribution in [1.29, 1.82) is 0 Å². The predicted octanol–water partition coefficient (Wildman–Crippen LogP) is 1.10. The van der Waals surface area contributed by atoms with E-state index in [4.69, 9.17) is 0 Å². The highest BCUT2D eigenvalue weighted by molar-refractivity contribution is 5.27. The third-order valence-corrected chi connectivity index (χ3v) is 2.99. The SMILES string of the molecule is Cc1nn(C)c(C)c1CC1(O)CC1. The third-order valence-electron chi connectivity index (χ3n) is 2.99. The Labute approximate surface area is 78.4 Å². The first-order valence-corrected chi connectivity index (χ1v) is 4.73. The van der Waals surface area contributed by atoms with Crippen LogP contribution in [0.25, 0.3) is 0 Å². The lowest BCUT2D eigenvalue weighted by Gasteiger charge is -2.07. The summed E-state index contributed by atoms with van der Waals surface area (Å²) < 4.78 is 1.89. The second-order valence-corrected chi connectivity index (χ2v) is 4.17. The van der Waals surface area contributed by atoms with Gasteiger partial charge in [0.15, 0.2) is 0 Å². The number of aryl methyl sites for hydroxylation is 2. The van der Waals surface area contributed by atoms with E-state index in [0.29, 0.717) is 0 Å². The molecule has 72 valence electrons.